The number of hydrogen-bond acceptors (Lipinski definition) is 0. The lowest BCUT2D eigenvalue weighted by molar-refractivity contribution is 0.516. The van der Waals surface area contributed by atoms with Gasteiger partial charge in [0.2, 0.25) is 0 Å². The van der Waals surface area contributed by atoms with Gasteiger partial charge in [-0.3, -0.25) is 0 Å². The Kier molecular flexibility index (Phi) is 6.93. The van der Waals surface area contributed by atoms with Crippen molar-refractivity contribution >= 4 is 0 Å². The highest BCUT2D eigenvalue weighted by Gasteiger charge is 2.06. The van der Waals surface area contributed by atoms with Gasteiger partial charge in [-0.25, -0.2) is 4.39 Å². The molecule has 0 aliphatic carbocycles. The fourth-order valence-electron chi connectivity index (χ4n) is 1.43. The molecule has 1 unspecified atom stereocenters. The number of hydrogen-bond donors (Lipinski definition) is 0. The fraction of sp³-hybridized carbons (Fsp3) is 0.833. The molecule has 13 heavy (non-hydrogen) atoms. The number of rotatable bonds is 6. The summed E-state index contributed by atoms with van der Waals surface area (Å²) < 4.78 is 12.8. The molecule has 0 aliphatic heterocycles. The zero-order valence-corrected chi connectivity index (χ0v) is 9.49. The van der Waals surface area contributed by atoms with Gasteiger partial charge in [0.05, 0.1) is 5.83 Å². The Morgan fingerprint density at radius 2 is 1.77 bits per heavy atom. The fourth-order valence-corrected chi connectivity index (χ4v) is 1.43. The second-order valence-electron chi connectivity index (χ2n) is 3.97. The van der Waals surface area contributed by atoms with Crippen LogP contribution in [0.15, 0.2) is 11.4 Å². The van der Waals surface area contributed by atoms with Gasteiger partial charge in [-0.2, -0.15) is 0 Å². The third-order valence-corrected chi connectivity index (χ3v) is 2.77. The van der Waals surface area contributed by atoms with Gasteiger partial charge in [0, 0.05) is 0 Å². The molecule has 0 nitrogen and oxygen atoms in total. The summed E-state index contributed by atoms with van der Waals surface area (Å²) >= 11 is 0. The van der Waals surface area contributed by atoms with Crippen LogP contribution in [0.1, 0.15) is 59.8 Å². The Hall–Kier alpha value is -0.330. The van der Waals surface area contributed by atoms with E-state index in [0.29, 0.717) is 5.92 Å². The molecular weight excluding hydrogens is 163 g/mol. The second kappa shape index (κ2) is 7.11. The largest absolute Gasteiger partial charge is 0.212 e. The predicted molar refractivity (Wildman–Crippen MR) is 57.4 cm³/mol. The van der Waals surface area contributed by atoms with Crippen molar-refractivity contribution < 1.29 is 4.39 Å². The van der Waals surface area contributed by atoms with E-state index in [1.807, 2.05) is 6.92 Å². The van der Waals surface area contributed by atoms with Gasteiger partial charge in [0.25, 0.3) is 0 Å². The molecule has 1 heteroatoms. The molecule has 0 rings (SSSR count). The highest BCUT2D eigenvalue weighted by molar-refractivity contribution is 5.05. The Labute approximate surface area is 82.2 Å². The first-order valence-corrected chi connectivity index (χ1v) is 5.42. The lowest BCUT2D eigenvalue weighted by Gasteiger charge is -2.11. The molecule has 0 saturated heterocycles. The van der Waals surface area contributed by atoms with Gasteiger partial charge < -0.3 is 0 Å². The SMILES string of the molecule is CCCCCCC(C)/C(C)=C(/C)F. The van der Waals surface area contributed by atoms with E-state index >= 15 is 0 Å². The molecule has 0 spiro atoms. The minimum absolute atomic E-state index is 0.00277. The van der Waals surface area contributed by atoms with Crippen molar-refractivity contribution in [3.63, 3.8) is 0 Å². The second-order valence-corrected chi connectivity index (χ2v) is 3.97. The molecular formula is C12H23F. The van der Waals surface area contributed by atoms with Crippen LogP contribution in [0, 0.1) is 5.92 Å². The van der Waals surface area contributed by atoms with Crippen molar-refractivity contribution in [1.29, 1.82) is 0 Å². The molecule has 0 bridgehead atoms. The molecule has 0 fully saturated rings. The molecule has 1 atom stereocenters. The van der Waals surface area contributed by atoms with E-state index in [4.69, 9.17) is 0 Å². The lowest BCUT2D eigenvalue weighted by atomic mass is 9.95. The van der Waals surface area contributed by atoms with Gasteiger partial charge in [0.1, 0.15) is 0 Å². The Morgan fingerprint density at radius 3 is 2.23 bits per heavy atom. The zero-order valence-electron chi connectivity index (χ0n) is 9.49. The van der Waals surface area contributed by atoms with E-state index in [1.165, 1.54) is 25.7 Å². The normalized spacial score (nSPS) is 15.5. The average Bonchev–Trinajstić information content (AvgIpc) is 2.10. The average molecular weight is 186 g/mol. The molecule has 0 saturated carbocycles. The predicted octanol–water partition coefficient (Wildman–Crippen LogP) is 4.86. The topological polar surface area (TPSA) is 0 Å². The Morgan fingerprint density at radius 1 is 1.15 bits per heavy atom. The molecule has 0 aromatic carbocycles. The standard InChI is InChI=1S/C12H23F/c1-5-6-7-8-9-10(2)11(3)12(4)13/h10H,5-9H2,1-4H3/b12-11-. The molecule has 78 valence electrons. The summed E-state index contributed by atoms with van der Waals surface area (Å²) in [6.45, 7) is 7.78. The van der Waals surface area contributed by atoms with Crippen LogP contribution in [0.5, 0.6) is 0 Å². The van der Waals surface area contributed by atoms with Gasteiger partial charge >= 0.3 is 0 Å². The maximum Gasteiger partial charge on any atom is 0.0960 e. The molecule has 0 N–H and O–H groups in total. The van der Waals surface area contributed by atoms with Crippen LogP contribution in [0.3, 0.4) is 0 Å². The van der Waals surface area contributed by atoms with Gasteiger partial charge in [0.15, 0.2) is 0 Å². The van der Waals surface area contributed by atoms with Crippen LogP contribution in [-0.4, -0.2) is 0 Å². The summed E-state index contributed by atoms with van der Waals surface area (Å²) in [4.78, 5) is 0. The maximum absolute atomic E-state index is 12.8. The van der Waals surface area contributed by atoms with E-state index in [0.717, 1.165) is 12.0 Å². The van der Waals surface area contributed by atoms with Crippen LogP contribution in [-0.2, 0) is 0 Å². The van der Waals surface area contributed by atoms with Crippen molar-refractivity contribution in [2.75, 3.05) is 0 Å². The van der Waals surface area contributed by atoms with Gasteiger partial charge in [-0.15, -0.1) is 0 Å². The Bertz CT molecular complexity index is 155. The quantitative estimate of drug-likeness (QED) is 0.520. The molecule has 0 heterocycles. The van der Waals surface area contributed by atoms with Crippen LogP contribution in [0.4, 0.5) is 4.39 Å². The minimum atomic E-state index is 0.00277. The molecule has 0 radical (unpaired) electrons. The van der Waals surface area contributed by atoms with E-state index in [1.54, 1.807) is 6.92 Å². The maximum atomic E-state index is 12.8. The summed E-state index contributed by atoms with van der Waals surface area (Å²) in [5, 5.41) is 0. The first kappa shape index (κ1) is 12.7. The molecule has 0 aromatic rings. The third-order valence-electron chi connectivity index (χ3n) is 2.77. The van der Waals surface area contributed by atoms with E-state index in [-0.39, 0.29) is 5.83 Å². The summed E-state index contributed by atoms with van der Waals surface area (Å²) in [5.41, 5.74) is 0.927. The molecule has 0 aromatic heterocycles. The van der Waals surface area contributed by atoms with E-state index in [9.17, 15) is 4.39 Å². The first-order chi connectivity index (χ1) is 6.09. The third kappa shape index (κ3) is 5.84. The highest BCUT2D eigenvalue weighted by Crippen LogP contribution is 2.21. The summed E-state index contributed by atoms with van der Waals surface area (Å²) in [6.07, 6.45) is 6.24. The van der Waals surface area contributed by atoms with Crippen LogP contribution >= 0.6 is 0 Å². The zero-order chi connectivity index (χ0) is 10.3. The highest BCUT2D eigenvalue weighted by atomic mass is 19.1. The van der Waals surface area contributed by atoms with Crippen molar-refractivity contribution in [3.8, 4) is 0 Å². The number of allylic oxidation sites excluding steroid dienone is 2. The summed E-state index contributed by atoms with van der Waals surface area (Å²) in [5.74, 6) is 0.421. The molecule has 0 aliphatic rings. The van der Waals surface area contributed by atoms with E-state index < -0.39 is 0 Å². The van der Waals surface area contributed by atoms with Crippen LogP contribution in [0.25, 0.3) is 0 Å². The van der Waals surface area contributed by atoms with Crippen LogP contribution in [0.2, 0.25) is 0 Å². The summed E-state index contributed by atoms with van der Waals surface area (Å²) in [7, 11) is 0. The Balaban J connectivity index is 3.63. The monoisotopic (exact) mass is 186 g/mol. The van der Waals surface area contributed by atoms with E-state index in [2.05, 4.69) is 13.8 Å². The van der Waals surface area contributed by atoms with Crippen molar-refractivity contribution in [3.05, 3.63) is 11.4 Å². The number of halogens is 1. The first-order valence-electron chi connectivity index (χ1n) is 5.42. The minimum Gasteiger partial charge on any atom is -0.212 e. The van der Waals surface area contributed by atoms with Crippen molar-refractivity contribution in [2.24, 2.45) is 5.92 Å². The van der Waals surface area contributed by atoms with Gasteiger partial charge in [-0.05, 0) is 31.8 Å². The van der Waals surface area contributed by atoms with Crippen molar-refractivity contribution in [1.82, 2.24) is 0 Å². The smallest absolute Gasteiger partial charge is 0.0960 e. The van der Waals surface area contributed by atoms with Gasteiger partial charge in [-0.1, -0.05) is 39.5 Å². The number of unbranched alkanes of at least 4 members (excludes halogenated alkanes) is 3. The summed E-state index contributed by atoms with van der Waals surface area (Å²) in [6, 6.07) is 0. The molecule has 0 amide bonds. The lowest BCUT2D eigenvalue weighted by Crippen LogP contribution is -1.97. The van der Waals surface area contributed by atoms with Crippen LogP contribution < -0.4 is 0 Å². The van der Waals surface area contributed by atoms with Crippen molar-refractivity contribution in [2.45, 2.75) is 59.8 Å².